The van der Waals surface area contributed by atoms with E-state index in [1.807, 2.05) is 0 Å². The molecule has 0 bridgehead atoms. The van der Waals surface area contributed by atoms with E-state index in [4.69, 9.17) is 21.9 Å². The average molecular weight is 371 g/mol. The molecule has 1 aliphatic carbocycles. The third-order valence-corrected chi connectivity index (χ3v) is 4.41. The zero-order chi connectivity index (χ0) is 18.2. The van der Waals surface area contributed by atoms with Gasteiger partial charge in [0.2, 0.25) is 0 Å². The highest BCUT2D eigenvalue weighted by Crippen LogP contribution is 2.54. The van der Waals surface area contributed by atoms with Crippen molar-refractivity contribution < 1.29 is 17.7 Å². The second kappa shape index (κ2) is 6.51. The van der Waals surface area contributed by atoms with Gasteiger partial charge in [0, 0.05) is 18.3 Å². The predicted molar refractivity (Wildman–Crippen MR) is 87.2 cm³/mol. The Morgan fingerprint density at radius 3 is 2.72 bits per heavy atom. The van der Waals surface area contributed by atoms with Crippen LogP contribution in [-0.2, 0) is 5.41 Å². The summed E-state index contributed by atoms with van der Waals surface area (Å²) < 4.78 is 44.4. The molecule has 1 saturated carbocycles. The van der Waals surface area contributed by atoms with E-state index in [1.165, 1.54) is 19.2 Å². The lowest BCUT2D eigenvalue weighted by Crippen LogP contribution is -2.13. The Labute approximate surface area is 146 Å². The second-order valence-electron chi connectivity index (χ2n) is 5.69. The summed E-state index contributed by atoms with van der Waals surface area (Å²) in [5.74, 6) is -0.387. The number of allylic oxidation sites excluding steroid dienone is 1. The number of hydrogen-bond acceptors (Lipinski definition) is 5. The van der Waals surface area contributed by atoms with E-state index in [1.54, 1.807) is 6.07 Å². The number of halogens is 4. The molecule has 25 heavy (non-hydrogen) atoms. The molecule has 0 radical (unpaired) electrons. The van der Waals surface area contributed by atoms with Gasteiger partial charge in [-0.05, 0) is 30.5 Å². The van der Waals surface area contributed by atoms with Crippen molar-refractivity contribution in [2.24, 2.45) is 10.7 Å². The first-order valence-electron chi connectivity index (χ1n) is 7.39. The minimum absolute atomic E-state index is 0.213. The molecule has 0 atom stereocenters. The number of aromatic nitrogens is 2. The molecule has 2 aromatic rings. The number of nitrogens with zero attached hydrogens (tertiary/aromatic N) is 3. The Balaban J connectivity index is 2.00. The van der Waals surface area contributed by atoms with Gasteiger partial charge in [0.1, 0.15) is 11.5 Å². The number of nitrogens with two attached hydrogens (primary N) is 1. The summed E-state index contributed by atoms with van der Waals surface area (Å²) in [5.41, 5.74) is 4.94. The van der Waals surface area contributed by atoms with Crippen LogP contribution in [0.15, 0.2) is 33.3 Å². The Morgan fingerprint density at radius 2 is 2.16 bits per heavy atom. The monoisotopic (exact) mass is 370 g/mol. The summed E-state index contributed by atoms with van der Waals surface area (Å²) in [5, 5.41) is 4.12. The SMILES string of the molecule is CN=C/C(=C(\N)c1nc(C2(c3ccc(F)cc3Cl)CC2)no1)C(F)F. The van der Waals surface area contributed by atoms with Gasteiger partial charge in [-0.3, -0.25) is 4.99 Å². The highest BCUT2D eigenvalue weighted by Gasteiger charge is 2.51. The zero-order valence-corrected chi connectivity index (χ0v) is 13.9. The van der Waals surface area contributed by atoms with Gasteiger partial charge in [-0.2, -0.15) is 4.98 Å². The van der Waals surface area contributed by atoms with Crippen molar-refractivity contribution in [1.29, 1.82) is 0 Å². The number of rotatable bonds is 5. The Hall–Kier alpha value is -2.35. The molecule has 0 spiro atoms. The molecular weight excluding hydrogens is 357 g/mol. The molecule has 2 N–H and O–H groups in total. The lowest BCUT2D eigenvalue weighted by molar-refractivity contribution is 0.197. The van der Waals surface area contributed by atoms with E-state index in [2.05, 4.69) is 15.1 Å². The van der Waals surface area contributed by atoms with Gasteiger partial charge in [0.05, 0.1) is 11.0 Å². The lowest BCUT2D eigenvalue weighted by Gasteiger charge is -2.12. The van der Waals surface area contributed by atoms with E-state index in [9.17, 15) is 13.2 Å². The van der Waals surface area contributed by atoms with Crippen molar-refractivity contribution in [2.45, 2.75) is 24.7 Å². The predicted octanol–water partition coefficient (Wildman–Crippen LogP) is 3.58. The third-order valence-electron chi connectivity index (χ3n) is 4.10. The smallest absolute Gasteiger partial charge is 0.274 e. The molecule has 5 nitrogen and oxygen atoms in total. The summed E-state index contributed by atoms with van der Waals surface area (Å²) in [4.78, 5) is 7.72. The van der Waals surface area contributed by atoms with Crippen molar-refractivity contribution >= 4 is 23.5 Å². The minimum Gasteiger partial charge on any atom is -0.394 e. The fraction of sp³-hybridized carbons (Fsp3) is 0.312. The van der Waals surface area contributed by atoms with Crippen molar-refractivity contribution in [3.8, 4) is 0 Å². The van der Waals surface area contributed by atoms with Crippen molar-refractivity contribution in [3.05, 3.63) is 51.9 Å². The molecule has 0 aliphatic heterocycles. The van der Waals surface area contributed by atoms with E-state index in [0.717, 1.165) is 6.21 Å². The molecular formula is C16H14ClF3N4O. The molecule has 1 aliphatic rings. The van der Waals surface area contributed by atoms with Crippen molar-refractivity contribution in [3.63, 3.8) is 0 Å². The Kier molecular flexibility index (Phi) is 4.55. The highest BCUT2D eigenvalue weighted by atomic mass is 35.5. The first kappa shape index (κ1) is 17.5. The van der Waals surface area contributed by atoms with Crippen molar-refractivity contribution in [2.75, 3.05) is 7.05 Å². The van der Waals surface area contributed by atoms with Crippen LogP contribution >= 0.6 is 11.6 Å². The van der Waals surface area contributed by atoms with E-state index in [0.29, 0.717) is 18.4 Å². The Bertz CT molecular complexity index is 859. The summed E-state index contributed by atoms with van der Waals surface area (Å²) >= 11 is 6.13. The van der Waals surface area contributed by atoms with Crippen LogP contribution in [0.5, 0.6) is 0 Å². The zero-order valence-electron chi connectivity index (χ0n) is 13.1. The van der Waals surface area contributed by atoms with Crippen LogP contribution in [0, 0.1) is 5.82 Å². The van der Waals surface area contributed by atoms with Gasteiger partial charge >= 0.3 is 0 Å². The summed E-state index contributed by atoms with van der Waals surface area (Å²) in [6.07, 6.45) is -0.522. The summed E-state index contributed by atoms with van der Waals surface area (Å²) in [6, 6.07) is 4.07. The average Bonchev–Trinajstić information content (AvgIpc) is 3.20. The number of alkyl halides is 2. The minimum atomic E-state index is -2.83. The maximum atomic E-state index is 13.3. The molecule has 9 heteroatoms. The van der Waals surface area contributed by atoms with E-state index in [-0.39, 0.29) is 22.4 Å². The molecule has 0 saturated heterocycles. The van der Waals surface area contributed by atoms with Gasteiger partial charge in [0.15, 0.2) is 5.82 Å². The molecule has 1 fully saturated rings. The molecule has 132 valence electrons. The van der Waals surface area contributed by atoms with Gasteiger partial charge in [-0.1, -0.05) is 22.8 Å². The fourth-order valence-electron chi connectivity index (χ4n) is 2.65. The topological polar surface area (TPSA) is 77.3 Å². The van der Waals surface area contributed by atoms with Gasteiger partial charge in [0.25, 0.3) is 12.3 Å². The summed E-state index contributed by atoms with van der Waals surface area (Å²) in [7, 11) is 1.35. The quantitative estimate of drug-likeness (QED) is 0.816. The van der Waals surface area contributed by atoms with E-state index >= 15 is 0 Å². The largest absolute Gasteiger partial charge is 0.394 e. The second-order valence-corrected chi connectivity index (χ2v) is 6.09. The number of hydrogen-bond donors (Lipinski definition) is 1. The molecule has 1 aromatic carbocycles. The van der Waals surface area contributed by atoms with Crippen LogP contribution in [0.3, 0.4) is 0 Å². The van der Waals surface area contributed by atoms with Crippen molar-refractivity contribution in [1.82, 2.24) is 10.1 Å². The maximum Gasteiger partial charge on any atom is 0.274 e. The van der Waals surface area contributed by atoms with Crippen LogP contribution in [0.25, 0.3) is 5.70 Å². The molecule has 3 rings (SSSR count). The van der Waals surface area contributed by atoms with Crippen LogP contribution in [0.4, 0.5) is 13.2 Å². The lowest BCUT2D eigenvalue weighted by atomic mass is 9.95. The normalized spacial score (nSPS) is 17.2. The van der Waals surface area contributed by atoms with Gasteiger partial charge in [-0.25, -0.2) is 13.2 Å². The van der Waals surface area contributed by atoms with Gasteiger partial charge < -0.3 is 10.3 Å². The number of aliphatic imine (C=N–C) groups is 1. The Morgan fingerprint density at radius 1 is 1.44 bits per heavy atom. The number of benzene rings is 1. The third kappa shape index (κ3) is 3.13. The molecule has 0 unspecified atom stereocenters. The van der Waals surface area contributed by atoms with E-state index < -0.39 is 23.2 Å². The highest BCUT2D eigenvalue weighted by molar-refractivity contribution is 6.31. The first-order chi connectivity index (χ1) is 11.9. The summed E-state index contributed by atoms with van der Waals surface area (Å²) in [6.45, 7) is 0. The maximum absolute atomic E-state index is 13.3. The van der Waals surface area contributed by atoms with Crippen LogP contribution in [0.1, 0.15) is 30.1 Å². The standard InChI is InChI=1S/C16H14ClF3N4O/c1-22-7-9(13(19)20)12(21)14-23-15(24-25-14)16(4-5-16)10-3-2-8(18)6-11(10)17/h2-3,6-7,13H,4-5,21H2,1H3/b12-9+,22-7?. The van der Waals surface area contributed by atoms with Crippen LogP contribution < -0.4 is 5.73 Å². The molecule has 1 aromatic heterocycles. The molecule has 0 amide bonds. The van der Waals surface area contributed by atoms with Gasteiger partial charge in [-0.15, -0.1) is 0 Å². The van der Waals surface area contributed by atoms with Crippen LogP contribution in [0.2, 0.25) is 5.02 Å². The fourth-order valence-corrected chi connectivity index (χ4v) is 3.00. The van der Waals surface area contributed by atoms with Crippen LogP contribution in [-0.4, -0.2) is 29.8 Å². The first-order valence-corrected chi connectivity index (χ1v) is 7.77. The molecule has 1 heterocycles.